The number of amides is 2. The van der Waals surface area contributed by atoms with Gasteiger partial charge in [0.15, 0.2) is 0 Å². The summed E-state index contributed by atoms with van der Waals surface area (Å²) in [6.07, 6.45) is 1.26. The molecule has 2 aromatic rings. The first-order valence-corrected chi connectivity index (χ1v) is 6.88. The number of hydrogen-bond acceptors (Lipinski definition) is 3. The molecule has 0 saturated heterocycles. The molecule has 1 aliphatic rings. The van der Waals surface area contributed by atoms with Crippen molar-refractivity contribution in [2.75, 3.05) is 16.0 Å². The summed E-state index contributed by atoms with van der Waals surface area (Å²) in [7, 11) is 0. The number of rotatable bonds is 2. The van der Waals surface area contributed by atoms with Gasteiger partial charge in [0.2, 0.25) is 0 Å². The van der Waals surface area contributed by atoms with E-state index in [-0.39, 0.29) is 17.5 Å². The number of hydrogen-bond donors (Lipinski definition) is 3. The molecule has 0 bridgehead atoms. The highest BCUT2D eigenvalue weighted by atomic mass is 16.2. The predicted octanol–water partition coefficient (Wildman–Crippen LogP) is 2.88. The third-order valence-electron chi connectivity index (χ3n) is 3.28. The van der Waals surface area contributed by atoms with Gasteiger partial charge >= 0.3 is 0 Å². The van der Waals surface area contributed by atoms with Gasteiger partial charge in [0, 0.05) is 11.8 Å². The monoisotopic (exact) mass is 293 g/mol. The van der Waals surface area contributed by atoms with Crippen LogP contribution in [0.5, 0.6) is 0 Å². The highest BCUT2D eigenvalue weighted by Crippen LogP contribution is 2.27. The maximum atomic E-state index is 12.0. The molecule has 0 aliphatic carbocycles. The van der Waals surface area contributed by atoms with Crippen LogP contribution in [0.3, 0.4) is 0 Å². The lowest BCUT2D eigenvalue weighted by Crippen LogP contribution is -2.27. The SMILES string of the molecule is Cc1ccc(NC(=O)/C=C2\Nc3ccccc3NC2=O)cc1. The Kier molecular flexibility index (Phi) is 3.62. The van der Waals surface area contributed by atoms with Crippen molar-refractivity contribution >= 4 is 28.9 Å². The summed E-state index contributed by atoms with van der Waals surface area (Å²) in [6, 6.07) is 14.8. The van der Waals surface area contributed by atoms with Gasteiger partial charge in [0.1, 0.15) is 5.70 Å². The number of benzene rings is 2. The second kappa shape index (κ2) is 5.73. The molecule has 0 saturated carbocycles. The second-order valence-electron chi connectivity index (χ2n) is 5.04. The van der Waals surface area contributed by atoms with Crippen LogP contribution in [0.1, 0.15) is 5.56 Å². The van der Waals surface area contributed by atoms with E-state index in [2.05, 4.69) is 16.0 Å². The topological polar surface area (TPSA) is 70.2 Å². The van der Waals surface area contributed by atoms with Crippen LogP contribution < -0.4 is 16.0 Å². The van der Waals surface area contributed by atoms with Crippen LogP contribution >= 0.6 is 0 Å². The van der Waals surface area contributed by atoms with Crippen LogP contribution in [-0.2, 0) is 9.59 Å². The molecule has 3 rings (SSSR count). The van der Waals surface area contributed by atoms with Crippen molar-refractivity contribution in [2.45, 2.75) is 6.92 Å². The van der Waals surface area contributed by atoms with E-state index in [0.29, 0.717) is 11.4 Å². The Morgan fingerprint density at radius 2 is 1.64 bits per heavy atom. The minimum Gasteiger partial charge on any atom is -0.349 e. The van der Waals surface area contributed by atoms with Gasteiger partial charge in [-0.3, -0.25) is 9.59 Å². The van der Waals surface area contributed by atoms with E-state index < -0.39 is 0 Å². The molecule has 1 aliphatic heterocycles. The van der Waals surface area contributed by atoms with Crippen molar-refractivity contribution in [1.82, 2.24) is 0 Å². The van der Waals surface area contributed by atoms with Crippen molar-refractivity contribution in [3.63, 3.8) is 0 Å². The number of aryl methyl sites for hydroxylation is 1. The lowest BCUT2D eigenvalue weighted by molar-refractivity contribution is -0.114. The summed E-state index contributed by atoms with van der Waals surface area (Å²) in [5.41, 5.74) is 3.47. The summed E-state index contributed by atoms with van der Waals surface area (Å²) in [5.74, 6) is -0.696. The first kappa shape index (κ1) is 13.9. The van der Waals surface area contributed by atoms with Crippen LogP contribution in [0.25, 0.3) is 0 Å². The van der Waals surface area contributed by atoms with Crippen molar-refractivity contribution in [1.29, 1.82) is 0 Å². The van der Waals surface area contributed by atoms with Gasteiger partial charge in [-0.1, -0.05) is 29.8 Å². The molecular weight excluding hydrogens is 278 g/mol. The molecule has 2 amide bonds. The minimum atomic E-state index is -0.360. The van der Waals surface area contributed by atoms with E-state index in [1.807, 2.05) is 49.4 Å². The average Bonchev–Trinajstić information content (AvgIpc) is 2.50. The maximum Gasteiger partial charge on any atom is 0.272 e. The molecule has 0 radical (unpaired) electrons. The predicted molar refractivity (Wildman–Crippen MR) is 86.6 cm³/mol. The van der Waals surface area contributed by atoms with Crippen LogP contribution in [0, 0.1) is 6.92 Å². The van der Waals surface area contributed by atoms with E-state index >= 15 is 0 Å². The number of para-hydroxylation sites is 2. The second-order valence-corrected chi connectivity index (χ2v) is 5.04. The Morgan fingerprint density at radius 1 is 1.00 bits per heavy atom. The van der Waals surface area contributed by atoms with Crippen LogP contribution in [0.4, 0.5) is 17.1 Å². The third kappa shape index (κ3) is 2.98. The fraction of sp³-hybridized carbons (Fsp3) is 0.0588. The molecule has 22 heavy (non-hydrogen) atoms. The smallest absolute Gasteiger partial charge is 0.272 e. The number of anilines is 3. The summed E-state index contributed by atoms with van der Waals surface area (Å²) in [6.45, 7) is 1.97. The van der Waals surface area contributed by atoms with E-state index in [0.717, 1.165) is 11.3 Å². The molecule has 5 heteroatoms. The zero-order chi connectivity index (χ0) is 15.5. The fourth-order valence-corrected chi connectivity index (χ4v) is 2.14. The van der Waals surface area contributed by atoms with Crippen molar-refractivity contribution < 1.29 is 9.59 Å². The lowest BCUT2D eigenvalue weighted by atomic mass is 10.2. The maximum absolute atomic E-state index is 12.0. The molecule has 0 aromatic heterocycles. The van der Waals surface area contributed by atoms with Crippen LogP contribution in [0.15, 0.2) is 60.3 Å². The zero-order valence-electron chi connectivity index (χ0n) is 12.0. The number of carbonyl (C=O) groups is 2. The molecule has 110 valence electrons. The molecule has 0 atom stereocenters. The summed E-state index contributed by atoms with van der Waals surface area (Å²) in [4.78, 5) is 24.0. The third-order valence-corrected chi connectivity index (χ3v) is 3.28. The quantitative estimate of drug-likeness (QED) is 0.746. The molecule has 2 aromatic carbocycles. The minimum absolute atomic E-state index is 0.211. The van der Waals surface area contributed by atoms with Gasteiger partial charge in [-0.2, -0.15) is 0 Å². The largest absolute Gasteiger partial charge is 0.349 e. The normalized spacial score (nSPS) is 14.8. The van der Waals surface area contributed by atoms with Gasteiger partial charge in [-0.15, -0.1) is 0 Å². The number of fused-ring (bicyclic) bond motifs is 1. The molecule has 0 fully saturated rings. The lowest BCUT2D eigenvalue weighted by Gasteiger charge is -2.20. The molecule has 3 N–H and O–H groups in total. The van der Waals surface area contributed by atoms with Gasteiger partial charge in [-0.05, 0) is 31.2 Å². The Balaban J connectivity index is 1.76. The van der Waals surface area contributed by atoms with Crippen molar-refractivity contribution in [2.24, 2.45) is 0 Å². The van der Waals surface area contributed by atoms with Gasteiger partial charge in [-0.25, -0.2) is 0 Å². The summed E-state index contributed by atoms with van der Waals surface area (Å²) >= 11 is 0. The molecule has 0 spiro atoms. The Morgan fingerprint density at radius 3 is 2.32 bits per heavy atom. The first-order valence-electron chi connectivity index (χ1n) is 6.88. The van der Waals surface area contributed by atoms with E-state index in [1.165, 1.54) is 6.08 Å². The van der Waals surface area contributed by atoms with Crippen molar-refractivity contribution in [3.8, 4) is 0 Å². The molecule has 5 nitrogen and oxygen atoms in total. The standard InChI is InChI=1S/C17H15N3O2/c1-11-6-8-12(9-7-11)18-16(21)10-15-17(22)20-14-5-3-2-4-13(14)19-15/h2-10,19H,1H3,(H,18,21)(H,20,22)/b15-10-. The highest BCUT2D eigenvalue weighted by Gasteiger charge is 2.19. The first-order chi connectivity index (χ1) is 10.6. The number of carbonyl (C=O) groups excluding carboxylic acids is 2. The van der Waals surface area contributed by atoms with Crippen LogP contribution in [-0.4, -0.2) is 11.8 Å². The van der Waals surface area contributed by atoms with Crippen LogP contribution in [0.2, 0.25) is 0 Å². The Bertz CT molecular complexity index is 764. The van der Waals surface area contributed by atoms with E-state index in [1.54, 1.807) is 6.07 Å². The highest BCUT2D eigenvalue weighted by molar-refractivity contribution is 6.15. The van der Waals surface area contributed by atoms with Gasteiger partial charge in [0.05, 0.1) is 11.4 Å². The van der Waals surface area contributed by atoms with Gasteiger partial charge < -0.3 is 16.0 Å². The van der Waals surface area contributed by atoms with Gasteiger partial charge in [0.25, 0.3) is 11.8 Å². The van der Waals surface area contributed by atoms with E-state index in [9.17, 15) is 9.59 Å². The molecular formula is C17H15N3O2. The van der Waals surface area contributed by atoms with Crippen molar-refractivity contribution in [3.05, 3.63) is 65.9 Å². The fourth-order valence-electron chi connectivity index (χ4n) is 2.14. The van der Waals surface area contributed by atoms with E-state index in [4.69, 9.17) is 0 Å². The molecule has 0 unspecified atom stereocenters. The Hall–Kier alpha value is -3.08. The number of nitrogens with one attached hydrogen (secondary N) is 3. The summed E-state index contributed by atoms with van der Waals surface area (Å²) < 4.78 is 0. The Labute approximate surface area is 128 Å². The molecule has 1 heterocycles. The average molecular weight is 293 g/mol. The summed E-state index contributed by atoms with van der Waals surface area (Å²) in [5, 5.41) is 8.42. The zero-order valence-corrected chi connectivity index (χ0v) is 12.0.